The predicted molar refractivity (Wildman–Crippen MR) is 135 cm³/mol. The number of piperidine rings is 1. The summed E-state index contributed by atoms with van der Waals surface area (Å²) in [6.45, 7) is 1.40. The zero-order chi connectivity index (χ0) is 24.6. The maximum Gasteiger partial charge on any atom is 0.262 e. The summed E-state index contributed by atoms with van der Waals surface area (Å²) >= 11 is 0. The van der Waals surface area contributed by atoms with Gasteiger partial charge in [-0.3, -0.25) is 9.69 Å². The molecule has 2 aromatic carbocycles. The van der Waals surface area contributed by atoms with Crippen LogP contribution in [0.1, 0.15) is 42.9 Å². The van der Waals surface area contributed by atoms with Crippen LogP contribution < -0.4 is 20.1 Å². The smallest absolute Gasteiger partial charge is 0.262 e. The Morgan fingerprint density at radius 2 is 2.08 bits per heavy atom. The topological polar surface area (TPSA) is 109 Å². The summed E-state index contributed by atoms with van der Waals surface area (Å²) < 4.78 is 10.7. The zero-order valence-corrected chi connectivity index (χ0v) is 20.3. The van der Waals surface area contributed by atoms with E-state index in [0.29, 0.717) is 36.1 Å². The Kier molecular flexibility index (Phi) is 6.20. The fourth-order valence-electron chi connectivity index (χ4n) is 5.95. The van der Waals surface area contributed by atoms with Gasteiger partial charge in [-0.15, -0.1) is 0 Å². The fraction of sp³-hybridized carbons (Fsp3) is 0.444. The number of nitrogens with zero attached hydrogens (tertiary/aromatic N) is 3. The average Bonchev–Trinajstić information content (AvgIpc) is 3.12. The molecule has 0 saturated carbocycles. The van der Waals surface area contributed by atoms with E-state index < -0.39 is 6.10 Å². The van der Waals surface area contributed by atoms with Gasteiger partial charge in [-0.05, 0) is 49.4 Å². The lowest BCUT2D eigenvalue weighted by Gasteiger charge is -2.40. The molecule has 9 heteroatoms. The van der Waals surface area contributed by atoms with E-state index in [0.717, 1.165) is 60.3 Å². The van der Waals surface area contributed by atoms with Crippen LogP contribution in [0.4, 0.5) is 5.69 Å². The molecule has 3 aliphatic heterocycles. The Hall–Kier alpha value is -3.27. The summed E-state index contributed by atoms with van der Waals surface area (Å²) in [6, 6.07) is 13.0. The molecule has 0 spiro atoms. The Morgan fingerprint density at radius 3 is 2.89 bits per heavy atom. The van der Waals surface area contributed by atoms with Crippen molar-refractivity contribution in [2.24, 2.45) is 0 Å². The zero-order valence-electron chi connectivity index (χ0n) is 20.3. The lowest BCUT2D eigenvalue weighted by atomic mass is 9.95. The van der Waals surface area contributed by atoms with Crippen molar-refractivity contribution in [1.82, 2.24) is 20.2 Å². The van der Waals surface area contributed by atoms with Gasteiger partial charge in [0, 0.05) is 36.8 Å². The van der Waals surface area contributed by atoms with Crippen LogP contribution in [0.25, 0.3) is 11.0 Å². The van der Waals surface area contributed by atoms with Crippen molar-refractivity contribution in [3.05, 3.63) is 53.7 Å². The Labute approximate surface area is 209 Å². The summed E-state index contributed by atoms with van der Waals surface area (Å²) in [5.74, 6) is 1.05. The molecule has 2 saturated heterocycles. The lowest BCUT2D eigenvalue weighted by Crippen LogP contribution is -2.50. The van der Waals surface area contributed by atoms with Crippen LogP contribution in [-0.2, 0) is 11.3 Å². The molecule has 188 valence electrons. The van der Waals surface area contributed by atoms with Gasteiger partial charge in [0.25, 0.3) is 5.91 Å². The van der Waals surface area contributed by atoms with E-state index in [1.165, 1.54) is 0 Å². The molecule has 0 aliphatic carbocycles. The maximum absolute atomic E-state index is 11.6. The third kappa shape index (κ3) is 4.50. The van der Waals surface area contributed by atoms with Crippen LogP contribution in [0, 0.1) is 0 Å². The van der Waals surface area contributed by atoms with Crippen LogP contribution in [0.2, 0.25) is 0 Å². The van der Waals surface area contributed by atoms with Gasteiger partial charge in [-0.25, -0.2) is 9.97 Å². The third-order valence-corrected chi connectivity index (χ3v) is 7.69. The fourth-order valence-corrected chi connectivity index (χ4v) is 5.95. The molecular formula is C27H31N5O4. The van der Waals surface area contributed by atoms with Gasteiger partial charge in [0.15, 0.2) is 6.61 Å². The van der Waals surface area contributed by atoms with Crippen molar-refractivity contribution in [2.75, 3.05) is 25.6 Å². The van der Waals surface area contributed by atoms with Crippen molar-refractivity contribution in [2.45, 2.75) is 56.5 Å². The second kappa shape index (κ2) is 9.65. The van der Waals surface area contributed by atoms with Crippen molar-refractivity contribution < 1.29 is 19.4 Å². The molecule has 3 aliphatic rings. The largest absolute Gasteiger partial charge is 0.482 e. The average molecular weight is 490 g/mol. The number of anilines is 1. The summed E-state index contributed by atoms with van der Waals surface area (Å²) in [5.41, 5.74) is 4.11. The lowest BCUT2D eigenvalue weighted by molar-refractivity contribution is -0.118. The number of hydrogen-bond donors (Lipinski definition) is 3. The molecule has 6 rings (SSSR count). The molecule has 3 unspecified atom stereocenters. The first-order valence-corrected chi connectivity index (χ1v) is 12.6. The highest BCUT2D eigenvalue weighted by Gasteiger charge is 2.41. The molecule has 3 aromatic rings. The minimum atomic E-state index is -0.643. The van der Waals surface area contributed by atoms with Gasteiger partial charge in [0.2, 0.25) is 5.88 Å². The summed E-state index contributed by atoms with van der Waals surface area (Å²) in [6.07, 6.45) is 5.37. The summed E-state index contributed by atoms with van der Waals surface area (Å²) in [7, 11) is 1.57. The van der Waals surface area contributed by atoms with Crippen LogP contribution in [0.5, 0.6) is 11.6 Å². The van der Waals surface area contributed by atoms with Crippen LogP contribution in [-0.4, -0.2) is 64.3 Å². The molecule has 3 N–H and O–H groups in total. The van der Waals surface area contributed by atoms with Gasteiger partial charge in [0.05, 0.1) is 36.1 Å². The number of benzene rings is 2. The van der Waals surface area contributed by atoms with Crippen LogP contribution >= 0.6 is 0 Å². The number of nitrogens with one attached hydrogen (secondary N) is 2. The number of carbonyl (C=O) groups excluding carboxylic acids is 1. The van der Waals surface area contributed by atoms with Gasteiger partial charge < -0.3 is 25.2 Å². The number of fused-ring (bicyclic) bond motifs is 4. The second-order valence-electron chi connectivity index (χ2n) is 9.94. The van der Waals surface area contributed by atoms with E-state index >= 15 is 0 Å². The summed E-state index contributed by atoms with van der Waals surface area (Å²) in [5, 5.41) is 17.8. The number of aliphatic hydroxyl groups is 1. The molecule has 9 nitrogen and oxygen atoms in total. The normalized spacial score (nSPS) is 24.2. The standard InChI is InChI=1S/C27H31N5O4/c1-35-26-13-29-21-4-2-3-20(27(21)31-26)23(33)14-32-18-6-7-19(32)11-17(10-18)28-12-16-5-8-24-22(9-16)30-25(34)15-36-24/h2-5,8-9,13,17-19,23,28,33H,6-7,10-12,14-15H2,1H3,(H,30,34). The van der Waals surface area contributed by atoms with Crippen molar-refractivity contribution in [1.29, 1.82) is 0 Å². The van der Waals surface area contributed by atoms with E-state index in [4.69, 9.17) is 9.47 Å². The number of aliphatic hydroxyl groups excluding tert-OH is 1. The van der Waals surface area contributed by atoms with Crippen molar-refractivity contribution in [3.8, 4) is 11.6 Å². The highest BCUT2D eigenvalue weighted by molar-refractivity contribution is 5.95. The molecule has 36 heavy (non-hydrogen) atoms. The predicted octanol–water partition coefficient (Wildman–Crippen LogP) is 2.79. The van der Waals surface area contributed by atoms with Crippen LogP contribution in [0.15, 0.2) is 42.6 Å². The van der Waals surface area contributed by atoms with E-state index in [9.17, 15) is 9.90 Å². The van der Waals surface area contributed by atoms with E-state index in [-0.39, 0.29) is 12.5 Å². The minimum absolute atomic E-state index is 0.0722. The number of carbonyl (C=O) groups is 1. The van der Waals surface area contributed by atoms with Gasteiger partial charge in [-0.1, -0.05) is 18.2 Å². The Morgan fingerprint density at radius 1 is 1.25 bits per heavy atom. The van der Waals surface area contributed by atoms with Gasteiger partial charge in [-0.2, -0.15) is 0 Å². The molecular weight excluding hydrogens is 458 g/mol. The number of methoxy groups -OCH3 is 1. The first-order valence-electron chi connectivity index (χ1n) is 12.6. The summed E-state index contributed by atoms with van der Waals surface area (Å²) in [4.78, 5) is 23.1. The second-order valence-corrected chi connectivity index (χ2v) is 9.94. The number of rotatable bonds is 7. The number of hydrogen-bond acceptors (Lipinski definition) is 8. The first kappa shape index (κ1) is 23.1. The Balaban J connectivity index is 1.09. The number of ether oxygens (including phenoxy) is 2. The number of para-hydroxylation sites is 1. The third-order valence-electron chi connectivity index (χ3n) is 7.69. The SMILES string of the molecule is COc1cnc2cccc(C(O)CN3C4CCC3CC(NCc3ccc5c(c3)NC(=O)CO5)C4)c2n1. The maximum atomic E-state index is 11.6. The van der Waals surface area contributed by atoms with Crippen molar-refractivity contribution >= 4 is 22.6 Å². The molecule has 1 amide bonds. The molecule has 1 aromatic heterocycles. The molecule has 0 radical (unpaired) electrons. The van der Waals surface area contributed by atoms with Crippen LogP contribution in [0.3, 0.4) is 0 Å². The van der Waals surface area contributed by atoms with E-state index in [2.05, 4.69) is 25.5 Å². The number of aromatic nitrogens is 2. The molecule has 3 atom stereocenters. The molecule has 4 heterocycles. The number of amides is 1. The van der Waals surface area contributed by atoms with E-state index in [1.807, 2.05) is 36.4 Å². The minimum Gasteiger partial charge on any atom is -0.482 e. The monoisotopic (exact) mass is 489 g/mol. The molecule has 2 fully saturated rings. The Bertz CT molecular complexity index is 1270. The molecule has 2 bridgehead atoms. The quantitative estimate of drug-likeness (QED) is 0.465. The van der Waals surface area contributed by atoms with Gasteiger partial charge >= 0.3 is 0 Å². The van der Waals surface area contributed by atoms with E-state index in [1.54, 1.807) is 13.3 Å². The van der Waals surface area contributed by atoms with Crippen molar-refractivity contribution in [3.63, 3.8) is 0 Å². The first-order chi connectivity index (χ1) is 17.6. The highest BCUT2D eigenvalue weighted by Crippen LogP contribution is 2.38. The van der Waals surface area contributed by atoms with Gasteiger partial charge in [0.1, 0.15) is 5.75 Å². The highest BCUT2D eigenvalue weighted by atomic mass is 16.5.